The van der Waals surface area contributed by atoms with Crippen LogP contribution in [-0.2, 0) is 0 Å². The second kappa shape index (κ2) is 3.30. The summed E-state index contributed by atoms with van der Waals surface area (Å²) < 4.78 is 0. The summed E-state index contributed by atoms with van der Waals surface area (Å²) in [6.45, 7) is 6.40. The highest BCUT2D eigenvalue weighted by atomic mass is 79.9. The molecular weight excluding hydrogens is 214 g/mol. The van der Waals surface area contributed by atoms with Crippen LogP contribution in [0.25, 0.3) is 0 Å². The van der Waals surface area contributed by atoms with E-state index in [1.165, 1.54) is 44.2 Å². The predicted molar refractivity (Wildman–Crippen MR) is 55.7 cm³/mol. The van der Waals surface area contributed by atoms with Crippen LogP contribution in [0.4, 0.5) is 0 Å². The Morgan fingerprint density at radius 2 is 2.25 bits per heavy atom. The molecule has 2 heteroatoms. The molecule has 2 rings (SSSR count). The molecule has 1 saturated carbocycles. The summed E-state index contributed by atoms with van der Waals surface area (Å²) in [6, 6.07) is 0. The molecule has 1 aliphatic heterocycles. The van der Waals surface area contributed by atoms with Gasteiger partial charge in [-0.1, -0.05) is 22.9 Å². The summed E-state index contributed by atoms with van der Waals surface area (Å²) in [5.74, 6) is 0.941. The van der Waals surface area contributed by atoms with Gasteiger partial charge in [-0.2, -0.15) is 0 Å². The summed E-state index contributed by atoms with van der Waals surface area (Å²) in [5.41, 5.74) is 0.685. The average molecular weight is 232 g/mol. The van der Waals surface area contributed by atoms with Crippen LogP contribution in [0.1, 0.15) is 26.2 Å². The van der Waals surface area contributed by atoms with Gasteiger partial charge in [-0.15, -0.1) is 0 Å². The van der Waals surface area contributed by atoms with E-state index in [1.54, 1.807) is 0 Å². The molecule has 1 aliphatic carbocycles. The molecule has 0 bridgehead atoms. The van der Waals surface area contributed by atoms with Gasteiger partial charge in [0.1, 0.15) is 0 Å². The van der Waals surface area contributed by atoms with Crippen molar-refractivity contribution in [1.29, 1.82) is 0 Å². The zero-order chi connectivity index (χ0) is 8.60. The van der Waals surface area contributed by atoms with E-state index >= 15 is 0 Å². The van der Waals surface area contributed by atoms with Crippen molar-refractivity contribution >= 4 is 15.9 Å². The molecule has 0 N–H and O–H groups in total. The minimum absolute atomic E-state index is 0.685. The number of likely N-dealkylation sites (tertiary alicyclic amines) is 1. The molecule has 0 aromatic carbocycles. The molecule has 1 saturated heterocycles. The fourth-order valence-corrected chi connectivity index (χ4v) is 2.89. The summed E-state index contributed by atoms with van der Waals surface area (Å²) in [4.78, 5) is 2.65. The Labute approximate surface area is 83.6 Å². The smallest absolute Gasteiger partial charge is 0.0100 e. The Morgan fingerprint density at radius 3 is 2.67 bits per heavy atom. The molecule has 1 heterocycles. The molecule has 2 aliphatic rings. The van der Waals surface area contributed by atoms with Gasteiger partial charge in [-0.25, -0.2) is 0 Å². The fourth-order valence-electron chi connectivity index (χ4n) is 2.16. The van der Waals surface area contributed by atoms with Crippen LogP contribution < -0.4 is 0 Å². The standard InChI is InChI=1S/C10H18BrN/c1-9-2-5-12(6-9)8-10(7-11)3-4-10/h9H,2-8H2,1H3. The lowest BCUT2D eigenvalue weighted by molar-refractivity contribution is 0.272. The van der Waals surface area contributed by atoms with Crippen molar-refractivity contribution in [3.8, 4) is 0 Å². The monoisotopic (exact) mass is 231 g/mol. The van der Waals surface area contributed by atoms with E-state index in [1.807, 2.05) is 0 Å². The number of nitrogens with zero attached hydrogens (tertiary/aromatic N) is 1. The van der Waals surface area contributed by atoms with Crippen molar-refractivity contribution in [2.24, 2.45) is 11.3 Å². The maximum atomic E-state index is 3.63. The van der Waals surface area contributed by atoms with Crippen molar-refractivity contribution < 1.29 is 0 Å². The minimum atomic E-state index is 0.685. The van der Waals surface area contributed by atoms with Crippen LogP contribution in [0, 0.1) is 11.3 Å². The Kier molecular flexibility index (Phi) is 2.48. The van der Waals surface area contributed by atoms with Gasteiger partial charge in [0.25, 0.3) is 0 Å². The van der Waals surface area contributed by atoms with Crippen LogP contribution >= 0.6 is 15.9 Å². The van der Waals surface area contributed by atoms with Crippen LogP contribution in [0.15, 0.2) is 0 Å². The van der Waals surface area contributed by atoms with E-state index in [0.29, 0.717) is 5.41 Å². The van der Waals surface area contributed by atoms with Gasteiger partial charge in [0, 0.05) is 18.4 Å². The molecule has 0 spiro atoms. The second-order valence-electron chi connectivity index (χ2n) is 4.76. The normalized spacial score (nSPS) is 34.0. The predicted octanol–water partition coefficient (Wildman–Crippen LogP) is 2.50. The average Bonchev–Trinajstić information content (AvgIpc) is 2.71. The van der Waals surface area contributed by atoms with Gasteiger partial charge in [0.05, 0.1) is 0 Å². The number of hydrogen-bond acceptors (Lipinski definition) is 1. The Balaban J connectivity index is 1.80. The summed E-state index contributed by atoms with van der Waals surface area (Å²) in [5, 5.41) is 1.21. The molecule has 0 aromatic rings. The number of halogens is 1. The Bertz CT molecular complexity index is 165. The molecule has 0 radical (unpaired) electrons. The highest BCUT2D eigenvalue weighted by Gasteiger charge is 2.43. The molecule has 1 unspecified atom stereocenters. The molecular formula is C10H18BrN. The first-order chi connectivity index (χ1) is 5.74. The first-order valence-corrected chi connectivity index (χ1v) is 6.15. The number of alkyl halides is 1. The third kappa shape index (κ3) is 1.85. The topological polar surface area (TPSA) is 3.24 Å². The lowest BCUT2D eigenvalue weighted by Crippen LogP contribution is -2.29. The first-order valence-electron chi connectivity index (χ1n) is 5.02. The van der Waals surface area contributed by atoms with Crippen molar-refractivity contribution in [2.45, 2.75) is 26.2 Å². The molecule has 12 heavy (non-hydrogen) atoms. The van der Waals surface area contributed by atoms with E-state index in [0.717, 1.165) is 5.92 Å². The van der Waals surface area contributed by atoms with Crippen molar-refractivity contribution in [3.63, 3.8) is 0 Å². The molecule has 0 amide bonds. The van der Waals surface area contributed by atoms with Crippen LogP contribution in [-0.4, -0.2) is 29.9 Å². The van der Waals surface area contributed by atoms with Crippen LogP contribution in [0.5, 0.6) is 0 Å². The van der Waals surface area contributed by atoms with Gasteiger partial charge < -0.3 is 4.90 Å². The number of hydrogen-bond donors (Lipinski definition) is 0. The molecule has 70 valence electrons. The quantitative estimate of drug-likeness (QED) is 0.676. The lowest BCUT2D eigenvalue weighted by Gasteiger charge is -2.21. The largest absolute Gasteiger partial charge is 0.302 e. The van der Waals surface area contributed by atoms with Crippen LogP contribution in [0.2, 0.25) is 0 Å². The summed E-state index contributed by atoms with van der Waals surface area (Å²) >= 11 is 3.63. The second-order valence-corrected chi connectivity index (χ2v) is 5.32. The summed E-state index contributed by atoms with van der Waals surface area (Å²) in [6.07, 6.45) is 4.31. The van der Waals surface area contributed by atoms with Crippen molar-refractivity contribution in [1.82, 2.24) is 4.90 Å². The van der Waals surface area contributed by atoms with E-state index in [4.69, 9.17) is 0 Å². The zero-order valence-corrected chi connectivity index (χ0v) is 9.44. The fraction of sp³-hybridized carbons (Fsp3) is 1.00. The van der Waals surface area contributed by atoms with E-state index in [9.17, 15) is 0 Å². The summed E-state index contributed by atoms with van der Waals surface area (Å²) in [7, 11) is 0. The maximum Gasteiger partial charge on any atom is 0.0100 e. The Hall–Kier alpha value is 0.440. The van der Waals surface area contributed by atoms with E-state index in [-0.39, 0.29) is 0 Å². The van der Waals surface area contributed by atoms with Gasteiger partial charge in [-0.3, -0.25) is 0 Å². The van der Waals surface area contributed by atoms with Gasteiger partial charge in [0.15, 0.2) is 0 Å². The number of rotatable bonds is 3. The molecule has 2 fully saturated rings. The van der Waals surface area contributed by atoms with E-state index in [2.05, 4.69) is 27.8 Å². The lowest BCUT2D eigenvalue weighted by atomic mass is 10.1. The molecule has 1 atom stereocenters. The van der Waals surface area contributed by atoms with Gasteiger partial charge >= 0.3 is 0 Å². The zero-order valence-electron chi connectivity index (χ0n) is 7.85. The van der Waals surface area contributed by atoms with Crippen molar-refractivity contribution in [3.05, 3.63) is 0 Å². The molecule has 1 nitrogen and oxygen atoms in total. The molecule has 0 aromatic heterocycles. The Morgan fingerprint density at radius 1 is 1.50 bits per heavy atom. The van der Waals surface area contributed by atoms with Crippen molar-refractivity contribution in [2.75, 3.05) is 25.0 Å². The first kappa shape index (κ1) is 9.01. The van der Waals surface area contributed by atoms with Gasteiger partial charge in [-0.05, 0) is 37.1 Å². The van der Waals surface area contributed by atoms with Gasteiger partial charge in [0.2, 0.25) is 0 Å². The minimum Gasteiger partial charge on any atom is -0.302 e. The third-order valence-corrected chi connectivity index (χ3v) is 4.50. The maximum absolute atomic E-state index is 3.63. The van der Waals surface area contributed by atoms with E-state index < -0.39 is 0 Å². The van der Waals surface area contributed by atoms with Crippen LogP contribution in [0.3, 0.4) is 0 Å². The third-order valence-electron chi connectivity index (χ3n) is 3.31. The highest BCUT2D eigenvalue weighted by molar-refractivity contribution is 9.09. The SMILES string of the molecule is CC1CCN(CC2(CBr)CC2)C1. The highest BCUT2D eigenvalue weighted by Crippen LogP contribution is 2.48.